The van der Waals surface area contributed by atoms with Gasteiger partial charge in [-0.05, 0) is 31.7 Å². The van der Waals surface area contributed by atoms with Crippen LogP contribution in [0, 0.1) is 0 Å². The molecular formula is C15H21N3O4S. The Balaban J connectivity index is 1.43. The first-order chi connectivity index (χ1) is 11.1. The van der Waals surface area contributed by atoms with Crippen molar-refractivity contribution in [3.05, 3.63) is 18.5 Å². The van der Waals surface area contributed by atoms with Gasteiger partial charge in [-0.3, -0.25) is 0 Å². The SMILES string of the molecule is O=S(=O)(C1CC1)N1CCC[C@@]2(C[C@H](Oc3ncccn3)CO2)C1. The van der Waals surface area contributed by atoms with Crippen molar-refractivity contribution in [3.8, 4) is 6.01 Å². The minimum Gasteiger partial charge on any atom is -0.458 e. The predicted molar refractivity (Wildman–Crippen MR) is 82.5 cm³/mol. The van der Waals surface area contributed by atoms with E-state index in [4.69, 9.17) is 9.47 Å². The first-order valence-corrected chi connectivity index (χ1v) is 9.64. The fraction of sp³-hybridized carbons (Fsp3) is 0.733. The number of hydrogen-bond donors (Lipinski definition) is 0. The Morgan fingerprint density at radius 3 is 2.83 bits per heavy atom. The zero-order valence-electron chi connectivity index (χ0n) is 12.9. The first kappa shape index (κ1) is 15.3. The molecule has 0 N–H and O–H groups in total. The molecule has 3 heterocycles. The van der Waals surface area contributed by atoms with Gasteiger partial charge in [-0.1, -0.05) is 0 Å². The third-order valence-corrected chi connectivity index (χ3v) is 7.14. The normalized spacial score (nSPS) is 32.3. The molecule has 1 saturated carbocycles. The van der Waals surface area contributed by atoms with Crippen molar-refractivity contribution in [1.29, 1.82) is 0 Å². The van der Waals surface area contributed by atoms with E-state index >= 15 is 0 Å². The van der Waals surface area contributed by atoms with Crippen molar-refractivity contribution in [3.63, 3.8) is 0 Å². The molecule has 2 saturated heterocycles. The number of piperidine rings is 1. The van der Waals surface area contributed by atoms with Crippen molar-refractivity contribution in [1.82, 2.24) is 14.3 Å². The van der Waals surface area contributed by atoms with Crippen molar-refractivity contribution in [2.24, 2.45) is 0 Å². The Morgan fingerprint density at radius 2 is 2.09 bits per heavy atom. The van der Waals surface area contributed by atoms with Crippen LogP contribution in [0.15, 0.2) is 18.5 Å². The molecule has 2 atom stereocenters. The maximum atomic E-state index is 12.5. The van der Waals surface area contributed by atoms with Crippen LogP contribution in [0.25, 0.3) is 0 Å². The van der Waals surface area contributed by atoms with Gasteiger partial charge >= 0.3 is 6.01 Å². The number of aromatic nitrogens is 2. The average molecular weight is 339 g/mol. The molecule has 1 spiro atoms. The summed E-state index contributed by atoms with van der Waals surface area (Å²) >= 11 is 0. The fourth-order valence-electron chi connectivity index (χ4n) is 3.51. The third kappa shape index (κ3) is 3.07. The maximum absolute atomic E-state index is 12.5. The van der Waals surface area contributed by atoms with Crippen LogP contribution in [0.2, 0.25) is 0 Å². The molecule has 8 heteroatoms. The Bertz CT molecular complexity index is 665. The number of hydrogen-bond acceptors (Lipinski definition) is 6. The van der Waals surface area contributed by atoms with Crippen LogP contribution in [0.5, 0.6) is 6.01 Å². The molecule has 7 nitrogen and oxygen atoms in total. The minimum absolute atomic E-state index is 0.124. The Morgan fingerprint density at radius 1 is 1.30 bits per heavy atom. The molecule has 0 radical (unpaired) electrons. The number of rotatable bonds is 4. The number of sulfonamides is 1. The lowest BCUT2D eigenvalue weighted by Gasteiger charge is -2.38. The highest BCUT2D eigenvalue weighted by Gasteiger charge is 2.49. The fourth-order valence-corrected chi connectivity index (χ4v) is 5.46. The van der Waals surface area contributed by atoms with Crippen molar-refractivity contribution < 1.29 is 17.9 Å². The third-order valence-electron chi connectivity index (χ3n) is 4.80. The van der Waals surface area contributed by atoms with Crippen LogP contribution >= 0.6 is 0 Å². The van der Waals surface area contributed by atoms with Crippen molar-refractivity contribution in [2.45, 2.75) is 49.1 Å². The quantitative estimate of drug-likeness (QED) is 0.813. The van der Waals surface area contributed by atoms with Gasteiger partial charge in [0, 0.05) is 31.9 Å². The molecule has 3 aliphatic rings. The standard InChI is InChI=1S/C15H21N3O4S/c19-23(20,13-3-4-13)18-8-1-5-15(11-18)9-12(10-21-15)22-14-16-6-2-7-17-14/h2,6-7,12-13H,1,3-5,8-11H2/t12-,15+/m0/s1. The largest absolute Gasteiger partial charge is 0.458 e. The number of nitrogens with zero attached hydrogens (tertiary/aromatic N) is 3. The van der Waals surface area contributed by atoms with Crippen molar-refractivity contribution >= 4 is 10.0 Å². The lowest BCUT2D eigenvalue weighted by Crippen LogP contribution is -2.51. The van der Waals surface area contributed by atoms with Gasteiger partial charge in [-0.2, -0.15) is 4.31 Å². The molecule has 4 rings (SSSR count). The molecule has 2 aliphatic heterocycles. The lowest BCUT2D eigenvalue weighted by atomic mass is 9.90. The van der Waals surface area contributed by atoms with E-state index in [0.717, 1.165) is 25.7 Å². The van der Waals surface area contributed by atoms with E-state index in [2.05, 4.69) is 9.97 Å². The summed E-state index contributed by atoms with van der Waals surface area (Å²) in [5.74, 6) is 0. The van der Waals surface area contributed by atoms with Crippen LogP contribution in [-0.4, -0.2) is 59.3 Å². The van der Waals surface area contributed by atoms with Crippen LogP contribution in [-0.2, 0) is 14.8 Å². The second-order valence-corrected chi connectivity index (χ2v) is 8.86. The molecule has 0 unspecified atom stereocenters. The molecule has 1 aromatic rings. The molecule has 3 fully saturated rings. The second-order valence-electron chi connectivity index (χ2n) is 6.65. The molecule has 0 aromatic carbocycles. The second kappa shape index (κ2) is 5.68. The van der Waals surface area contributed by atoms with Gasteiger partial charge < -0.3 is 9.47 Å². The average Bonchev–Trinajstić information content (AvgIpc) is 3.34. The van der Waals surface area contributed by atoms with E-state index in [1.165, 1.54) is 0 Å². The Hall–Kier alpha value is -1.25. The van der Waals surface area contributed by atoms with E-state index in [1.807, 2.05) is 0 Å². The van der Waals surface area contributed by atoms with E-state index in [1.54, 1.807) is 22.8 Å². The highest BCUT2D eigenvalue weighted by molar-refractivity contribution is 7.90. The highest BCUT2D eigenvalue weighted by Crippen LogP contribution is 2.39. The smallest absolute Gasteiger partial charge is 0.316 e. The van der Waals surface area contributed by atoms with Crippen LogP contribution < -0.4 is 4.74 Å². The van der Waals surface area contributed by atoms with Gasteiger partial charge in [0.25, 0.3) is 0 Å². The zero-order valence-corrected chi connectivity index (χ0v) is 13.7. The Kier molecular flexibility index (Phi) is 3.78. The van der Waals surface area contributed by atoms with Gasteiger partial charge in [0.05, 0.1) is 17.5 Å². The van der Waals surface area contributed by atoms with Gasteiger partial charge in [-0.25, -0.2) is 18.4 Å². The van der Waals surface area contributed by atoms with E-state index in [-0.39, 0.29) is 11.4 Å². The van der Waals surface area contributed by atoms with Gasteiger partial charge in [-0.15, -0.1) is 0 Å². The molecule has 1 aliphatic carbocycles. The van der Waals surface area contributed by atoms with E-state index in [9.17, 15) is 8.42 Å². The van der Waals surface area contributed by atoms with Gasteiger partial charge in [0.2, 0.25) is 10.0 Å². The van der Waals surface area contributed by atoms with Crippen molar-refractivity contribution in [2.75, 3.05) is 19.7 Å². The summed E-state index contributed by atoms with van der Waals surface area (Å²) in [5.41, 5.74) is -0.417. The van der Waals surface area contributed by atoms with Crippen LogP contribution in [0.4, 0.5) is 0 Å². The highest BCUT2D eigenvalue weighted by atomic mass is 32.2. The molecule has 23 heavy (non-hydrogen) atoms. The van der Waals surface area contributed by atoms with E-state index in [0.29, 0.717) is 32.1 Å². The maximum Gasteiger partial charge on any atom is 0.316 e. The first-order valence-electron chi connectivity index (χ1n) is 8.14. The summed E-state index contributed by atoms with van der Waals surface area (Å²) < 4.78 is 38.4. The minimum atomic E-state index is -3.14. The monoisotopic (exact) mass is 339 g/mol. The summed E-state index contributed by atoms with van der Waals surface area (Å²) in [4.78, 5) is 8.13. The summed E-state index contributed by atoms with van der Waals surface area (Å²) in [6.45, 7) is 1.51. The van der Waals surface area contributed by atoms with Crippen LogP contribution in [0.1, 0.15) is 32.1 Å². The van der Waals surface area contributed by atoms with E-state index < -0.39 is 15.6 Å². The van der Waals surface area contributed by atoms with Gasteiger partial charge in [0.1, 0.15) is 6.10 Å². The summed E-state index contributed by atoms with van der Waals surface area (Å²) in [6, 6.07) is 2.08. The Labute approximate surface area is 136 Å². The van der Waals surface area contributed by atoms with Crippen LogP contribution in [0.3, 0.4) is 0 Å². The lowest BCUT2D eigenvalue weighted by molar-refractivity contribution is -0.0339. The molecule has 0 amide bonds. The van der Waals surface area contributed by atoms with Gasteiger partial charge in [0.15, 0.2) is 0 Å². The number of ether oxygens (including phenoxy) is 2. The predicted octanol–water partition coefficient (Wildman–Crippen LogP) is 0.971. The summed E-state index contributed by atoms with van der Waals surface area (Å²) in [5, 5.41) is -0.163. The summed E-state index contributed by atoms with van der Waals surface area (Å²) in [7, 11) is -3.14. The topological polar surface area (TPSA) is 81.6 Å². The summed E-state index contributed by atoms with van der Waals surface area (Å²) in [6.07, 6.45) is 7.13. The molecular weight excluding hydrogens is 318 g/mol. The molecule has 0 bridgehead atoms. The molecule has 126 valence electrons. The zero-order chi connectivity index (χ0) is 15.9. The molecule has 1 aromatic heterocycles.